The lowest BCUT2D eigenvalue weighted by molar-refractivity contribution is -0.134. The van der Waals surface area contributed by atoms with Crippen LogP contribution in [0.1, 0.15) is 37.9 Å². The maximum atomic E-state index is 12.8. The molecule has 0 aliphatic rings. The highest BCUT2D eigenvalue weighted by Gasteiger charge is 2.11. The van der Waals surface area contributed by atoms with Gasteiger partial charge in [-0.3, -0.25) is 4.79 Å². The van der Waals surface area contributed by atoms with Gasteiger partial charge in [0.1, 0.15) is 11.9 Å². The van der Waals surface area contributed by atoms with Crippen LogP contribution in [0.25, 0.3) is 0 Å². The topological polar surface area (TPSA) is 26.3 Å². The highest BCUT2D eigenvalue weighted by atomic mass is 19.1. The number of allylic oxidation sites excluding steroid dienone is 2. The van der Waals surface area contributed by atoms with E-state index >= 15 is 0 Å². The summed E-state index contributed by atoms with van der Waals surface area (Å²) in [6.45, 7) is 2.42. The summed E-state index contributed by atoms with van der Waals surface area (Å²) in [5.41, 5.74) is 0.832. The van der Waals surface area contributed by atoms with Crippen molar-refractivity contribution in [3.05, 3.63) is 47.8 Å². The van der Waals surface area contributed by atoms with Gasteiger partial charge in [-0.05, 0) is 43.9 Å². The molecule has 1 aromatic carbocycles. The predicted octanol–water partition coefficient (Wildman–Crippen LogP) is 3.79. The molecule has 0 unspecified atom stereocenters. The van der Waals surface area contributed by atoms with E-state index in [0.29, 0.717) is 6.47 Å². The number of ether oxygens (including phenoxy) is 1. The quantitative estimate of drug-likeness (QED) is 0.409. The van der Waals surface area contributed by atoms with Crippen LogP contribution in [-0.2, 0) is 9.53 Å². The number of hydrogen-bond donors (Lipinski definition) is 0. The predicted molar refractivity (Wildman–Crippen MR) is 65.0 cm³/mol. The van der Waals surface area contributed by atoms with Gasteiger partial charge in [-0.25, -0.2) is 4.39 Å². The number of unbranched alkanes of at least 4 members (excludes halogenated alkanes) is 1. The smallest absolute Gasteiger partial charge is 0.293 e. The monoisotopic (exact) mass is 236 g/mol. The van der Waals surface area contributed by atoms with Gasteiger partial charge in [-0.15, -0.1) is 0 Å². The molecule has 0 saturated carbocycles. The fourth-order valence-corrected chi connectivity index (χ4v) is 1.65. The minimum atomic E-state index is -0.285. The van der Waals surface area contributed by atoms with E-state index in [1.807, 2.05) is 13.0 Å². The maximum absolute atomic E-state index is 12.8. The Balaban J connectivity index is 2.58. The fourth-order valence-electron chi connectivity index (χ4n) is 1.65. The molecule has 2 nitrogen and oxygen atoms in total. The highest BCUT2D eigenvalue weighted by molar-refractivity contribution is 5.38. The van der Waals surface area contributed by atoms with Crippen LogP contribution in [0, 0.1) is 5.82 Å². The van der Waals surface area contributed by atoms with Crippen LogP contribution in [0.4, 0.5) is 4.39 Å². The molecular weight excluding hydrogens is 219 g/mol. The van der Waals surface area contributed by atoms with Crippen molar-refractivity contribution in [3.8, 4) is 0 Å². The Bertz CT molecular complexity index is 357. The second-order valence-electron chi connectivity index (χ2n) is 3.77. The molecule has 1 aromatic rings. The van der Waals surface area contributed by atoms with Crippen LogP contribution in [-0.4, -0.2) is 6.47 Å². The zero-order valence-corrected chi connectivity index (χ0v) is 9.93. The Labute approximate surface area is 101 Å². The molecule has 0 radical (unpaired) electrons. The van der Waals surface area contributed by atoms with Crippen LogP contribution >= 0.6 is 0 Å². The molecule has 1 rings (SSSR count). The van der Waals surface area contributed by atoms with Crippen LogP contribution in [0.5, 0.6) is 0 Å². The molecule has 1 atom stereocenters. The molecule has 0 N–H and O–H groups in total. The lowest BCUT2D eigenvalue weighted by Crippen LogP contribution is -2.03. The average Bonchev–Trinajstić information content (AvgIpc) is 2.34. The Morgan fingerprint density at radius 3 is 2.65 bits per heavy atom. The van der Waals surface area contributed by atoms with Gasteiger partial charge >= 0.3 is 0 Å². The third kappa shape index (κ3) is 4.81. The van der Waals surface area contributed by atoms with Crippen LogP contribution in [0.2, 0.25) is 0 Å². The molecule has 0 aliphatic heterocycles. The SMILES string of the molecule is C/C=C/CCC[C@@H](OC=O)c1ccc(F)cc1. The summed E-state index contributed by atoms with van der Waals surface area (Å²) in [6.07, 6.45) is 6.42. The van der Waals surface area contributed by atoms with Gasteiger partial charge in [0, 0.05) is 0 Å². The van der Waals surface area contributed by atoms with Gasteiger partial charge in [0.05, 0.1) is 0 Å². The van der Waals surface area contributed by atoms with Crippen molar-refractivity contribution >= 4 is 6.47 Å². The number of carbonyl (C=O) groups is 1. The number of rotatable bonds is 7. The summed E-state index contributed by atoms with van der Waals surface area (Å²) in [4.78, 5) is 10.4. The molecule has 0 aliphatic carbocycles. The number of benzene rings is 1. The van der Waals surface area contributed by atoms with E-state index in [9.17, 15) is 9.18 Å². The third-order valence-corrected chi connectivity index (χ3v) is 2.53. The largest absolute Gasteiger partial charge is 0.460 e. The van der Waals surface area contributed by atoms with E-state index in [2.05, 4.69) is 6.08 Å². The van der Waals surface area contributed by atoms with E-state index in [0.717, 1.165) is 24.8 Å². The van der Waals surface area contributed by atoms with Gasteiger partial charge < -0.3 is 4.74 Å². The van der Waals surface area contributed by atoms with Gasteiger partial charge in [-0.1, -0.05) is 24.3 Å². The van der Waals surface area contributed by atoms with E-state index < -0.39 is 0 Å². The van der Waals surface area contributed by atoms with Crippen molar-refractivity contribution in [2.45, 2.75) is 32.3 Å². The summed E-state index contributed by atoms with van der Waals surface area (Å²) < 4.78 is 17.8. The maximum Gasteiger partial charge on any atom is 0.293 e. The van der Waals surface area contributed by atoms with Crippen molar-refractivity contribution in [2.75, 3.05) is 0 Å². The molecule has 0 saturated heterocycles. The summed E-state index contributed by atoms with van der Waals surface area (Å²) in [5.74, 6) is -0.285. The molecule has 92 valence electrons. The van der Waals surface area contributed by atoms with Gasteiger partial charge in [-0.2, -0.15) is 0 Å². The molecule has 0 amide bonds. The zero-order chi connectivity index (χ0) is 12.5. The first-order valence-electron chi connectivity index (χ1n) is 5.73. The number of hydrogen-bond acceptors (Lipinski definition) is 2. The second-order valence-corrected chi connectivity index (χ2v) is 3.77. The third-order valence-electron chi connectivity index (χ3n) is 2.53. The summed E-state index contributed by atoms with van der Waals surface area (Å²) in [6, 6.07) is 6.06. The second kappa shape index (κ2) is 7.60. The Morgan fingerprint density at radius 2 is 2.06 bits per heavy atom. The standard InChI is InChI=1S/C14H17FO2/c1-2-3-4-5-6-14(17-11-16)12-7-9-13(15)10-8-12/h2-3,7-11,14H,4-6H2,1H3/b3-2+/t14-/m1/s1. The molecule has 0 bridgehead atoms. The highest BCUT2D eigenvalue weighted by Crippen LogP contribution is 2.23. The number of halogens is 1. The molecular formula is C14H17FO2. The first-order chi connectivity index (χ1) is 8.27. The summed E-state index contributed by atoms with van der Waals surface area (Å²) in [5, 5.41) is 0. The normalized spacial score (nSPS) is 12.6. The van der Waals surface area contributed by atoms with E-state index in [1.54, 1.807) is 12.1 Å². The molecule has 17 heavy (non-hydrogen) atoms. The molecule has 0 heterocycles. The molecule has 0 aromatic heterocycles. The van der Waals surface area contributed by atoms with E-state index in [-0.39, 0.29) is 11.9 Å². The van der Waals surface area contributed by atoms with Crippen molar-refractivity contribution in [1.82, 2.24) is 0 Å². The van der Waals surface area contributed by atoms with Crippen LogP contribution in [0.3, 0.4) is 0 Å². The Kier molecular flexibility index (Phi) is 6.00. The van der Waals surface area contributed by atoms with Crippen molar-refractivity contribution in [3.63, 3.8) is 0 Å². The van der Waals surface area contributed by atoms with Crippen LogP contribution < -0.4 is 0 Å². The minimum Gasteiger partial charge on any atom is -0.460 e. The lowest BCUT2D eigenvalue weighted by atomic mass is 10.0. The molecule has 0 fully saturated rings. The average molecular weight is 236 g/mol. The van der Waals surface area contributed by atoms with Gasteiger partial charge in [0.2, 0.25) is 0 Å². The fraction of sp³-hybridized carbons (Fsp3) is 0.357. The first-order valence-corrected chi connectivity index (χ1v) is 5.73. The number of carbonyl (C=O) groups excluding carboxylic acids is 1. The molecule has 0 spiro atoms. The zero-order valence-electron chi connectivity index (χ0n) is 9.93. The Hall–Kier alpha value is -1.64. The Morgan fingerprint density at radius 1 is 1.35 bits per heavy atom. The van der Waals surface area contributed by atoms with Crippen molar-refractivity contribution in [1.29, 1.82) is 0 Å². The van der Waals surface area contributed by atoms with Crippen molar-refractivity contribution in [2.24, 2.45) is 0 Å². The summed E-state index contributed by atoms with van der Waals surface area (Å²) >= 11 is 0. The summed E-state index contributed by atoms with van der Waals surface area (Å²) in [7, 11) is 0. The van der Waals surface area contributed by atoms with E-state index in [4.69, 9.17) is 4.74 Å². The van der Waals surface area contributed by atoms with E-state index in [1.165, 1.54) is 12.1 Å². The minimum absolute atomic E-state index is 0.279. The molecule has 3 heteroatoms. The van der Waals surface area contributed by atoms with Crippen molar-refractivity contribution < 1.29 is 13.9 Å². The first kappa shape index (κ1) is 13.4. The van der Waals surface area contributed by atoms with Gasteiger partial charge in [0.25, 0.3) is 6.47 Å². The van der Waals surface area contributed by atoms with Gasteiger partial charge in [0.15, 0.2) is 0 Å². The van der Waals surface area contributed by atoms with Crippen LogP contribution in [0.15, 0.2) is 36.4 Å². The lowest BCUT2D eigenvalue weighted by Gasteiger charge is -2.14.